The van der Waals surface area contributed by atoms with Crippen molar-refractivity contribution >= 4 is 46.2 Å². The molecule has 2 N–H and O–H groups in total. The number of nitrogens with one attached hydrogen (secondary N) is 2. The third-order valence-corrected chi connectivity index (χ3v) is 10.3. The number of hydrogen-bond donors (Lipinski definition) is 2. The van der Waals surface area contributed by atoms with Crippen molar-refractivity contribution in [3.8, 4) is 5.69 Å². The molecule has 0 radical (unpaired) electrons. The quantitative estimate of drug-likeness (QED) is 0.120. The van der Waals surface area contributed by atoms with Crippen molar-refractivity contribution in [3.63, 3.8) is 0 Å². The highest BCUT2D eigenvalue weighted by atomic mass is 35.5. The van der Waals surface area contributed by atoms with Crippen LogP contribution in [0, 0.1) is 37.1 Å². The molecule has 11 nitrogen and oxygen atoms in total. The van der Waals surface area contributed by atoms with Gasteiger partial charge in [-0.2, -0.15) is 10.1 Å². The van der Waals surface area contributed by atoms with Crippen molar-refractivity contribution in [2.75, 3.05) is 47.6 Å². The van der Waals surface area contributed by atoms with Crippen LogP contribution in [0.15, 0.2) is 60.9 Å². The standard InChI is InChI=1S/C26H27F2N7.C15H15ClF2N4/c1-15-10-17(6-8-20(15)35-14-30-16(2)33-35)11-22-31-24(29-5)23-25(32-22)34(13-26(23,3)4)21-9-7-18(27)12-19(21)28;1-15(2)7-22(10-5-4-8(17)6-9(10)18)13-11(15)12(19-3)20-14(16)21-13/h6-10,12,14H,11,13H2,1-5H3,(H,29,31,32);4-6H,7H2,1-3H3,(H,19,20,21). The molecule has 6 aromatic rings. The highest BCUT2D eigenvalue weighted by Gasteiger charge is 2.42. The molecule has 57 heavy (non-hydrogen) atoms. The van der Waals surface area contributed by atoms with Crippen LogP contribution < -0.4 is 20.4 Å². The number of nitrogens with zero attached hydrogens (tertiary/aromatic N) is 9. The first kappa shape index (κ1) is 39.4. The summed E-state index contributed by atoms with van der Waals surface area (Å²) in [5.74, 6) is 1.36. The first-order chi connectivity index (χ1) is 27.0. The number of fused-ring (bicyclic) bond motifs is 2. The van der Waals surface area contributed by atoms with Gasteiger partial charge in [-0.05, 0) is 66.9 Å². The molecule has 2 aliphatic heterocycles. The summed E-state index contributed by atoms with van der Waals surface area (Å²) < 4.78 is 57.4. The summed E-state index contributed by atoms with van der Waals surface area (Å²) in [6.45, 7) is 13.1. The molecule has 2 aliphatic rings. The summed E-state index contributed by atoms with van der Waals surface area (Å²) in [6.07, 6.45) is 2.20. The summed E-state index contributed by atoms with van der Waals surface area (Å²) in [7, 11) is 3.57. The summed E-state index contributed by atoms with van der Waals surface area (Å²) in [6, 6.07) is 13.3. The lowest BCUT2D eigenvalue weighted by Gasteiger charge is -2.22. The Labute approximate surface area is 333 Å². The highest BCUT2D eigenvalue weighted by Crippen LogP contribution is 2.48. The van der Waals surface area contributed by atoms with Gasteiger partial charge < -0.3 is 20.4 Å². The number of halogens is 5. The molecule has 0 atom stereocenters. The van der Waals surface area contributed by atoms with Crippen LogP contribution in [0.1, 0.15) is 61.6 Å². The maximum Gasteiger partial charge on any atom is 0.226 e. The second-order valence-corrected chi connectivity index (χ2v) is 15.7. The number of anilines is 6. The predicted molar refractivity (Wildman–Crippen MR) is 215 cm³/mol. The van der Waals surface area contributed by atoms with E-state index in [1.807, 2.05) is 51.8 Å². The van der Waals surface area contributed by atoms with Crippen molar-refractivity contribution < 1.29 is 17.6 Å². The van der Waals surface area contributed by atoms with Gasteiger partial charge in [-0.15, -0.1) is 0 Å². The largest absolute Gasteiger partial charge is 0.373 e. The average molecular weight is 800 g/mol. The van der Waals surface area contributed by atoms with Crippen LogP contribution in [-0.4, -0.2) is 61.9 Å². The second-order valence-electron chi connectivity index (χ2n) is 15.4. The fourth-order valence-corrected chi connectivity index (χ4v) is 7.79. The van der Waals surface area contributed by atoms with Crippen LogP contribution in [0.4, 0.5) is 52.2 Å². The molecule has 0 bridgehead atoms. The van der Waals surface area contributed by atoms with Crippen LogP contribution >= 0.6 is 11.6 Å². The van der Waals surface area contributed by atoms with E-state index in [0.717, 1.165) is 40.1 Å². The molecule has 0 aliphatic carbocycles. The Kier molecular flexibility index (Phi) is 10.3. The summed E-state index contributed by atoms with van der Waals surface area (Å²) in [4.78, 5) is 25.8. The van der Waals surface area contributed by atoms with Gasteiger partial charge in [-0.25, -0.2) is 42.2 Å². The van der Waals surface area contributed by atoms with E-state index in [1.165, 1.54) is 24.3 Å². The fraction of sp³-hybridized carbons (Fsp3) is 0.317. The zero-order valence-electron chi connectivity index (χ0n) is 32.8. The molecule has 0 spiro atoms. The Morgan fingerprint density at radius 1 is 0.684 bits per heavy atom. The molecule has 0 saturated carbocycles. The molecule has 3 aromatic carbocycles. The minimum absolute atomic E-state index is 0.0771. The van der Waals surface area contributed by atoms with Gasteiger partial charge in [-0.3, -0.25) is 0 Å². The lowest BCUT2D eigenvalue weighted by molar-refractivity contribution is 0.556. The summed E-state index contributed by atoms with van der Waals surface area (Å²) in [5, 5.41) is 10.7. The van der Waals surface area contributed by atoms with Gasteiger partial charge in [0.1, 0.15) is 64.5 Å². The molecular formula is C41H42ClF4N11. The van der Waals surface area contributed by atoms with Crippen LogP contribution in [0.5, 0.6) is 0 Å². The van der Waals surface area contributed by atoms with Crippen molar-refractivity contribution in [2.45, 2.75) is 58.8 Å². The van der Waals surface area contributed by atoms with E-state index in [0.29, 0.717) is 60.1 Å². The van der Waals surface area contributed by atoms with Crippen LogP contribution in [-0.2, 0) is 17.3 Å². The topological polar surface area (TPSA) is 113 Å². The van der Waals surface area contributed by atoms with E-state index < -0.39 is 23.3 Å². The molecule has 3 aromatic heterocycles. The lowest BCUT2D eigenvalue weighted by Crippen LogP contribution is -2.26. The molecule has 0 amide bonds. The molecule has 296 valence electrons. The molecule has 0 saturated heterocycles. The predicted octanol–water partition coefficient (Wildman–Crippen LogP) is 8.89. The Morgan fingerprint density at radius 2 is 1.21 bits per heavy atom. The third-order valence-electron chi connectivity index (χ3n) is 10.1. The number of benzene rings is 3. The van der Waals surface area contributed by atoms with Crippen LogP contribution in [0.25, 0.3) is 5.69 Å². The Bertz CT molecular complexity index is 2500. The van der Waals surface area contributed by atoms with E-state index in [-0.39, 0.29) is 21.8 Å². The van der Waals surface area contributed by atoms with E-state index in [9.17, 15) is 17.6 Å². The summed E-state index contributed by atoms with van der Waals surface area (Å²) in [5.41, 5.74) is 4.77. The Morgan fingerprint density at radius 3 is 1.70 bits per heavy atom. The van der Waals surface area contributed by atoms with Gasteiger partial charge >= 0.3 is 0 Å². The average Bonchev–Trinajstić information content (AvgIpc) is 3.78. The van der Waals surface area contributed by atoms with E-state index in [4.69, 9.17) is 21.6 Å². The van der Waals surface area contributed by atoms with Gasteiger partial charge in [0.25, 0.3) is 0 Å². The van der Waals surface area contributed by atoms with Gasteiger partial charge in [0, 0.05) is 67.7 Å². The zero-order valence-corrected chi connectivity index (χ0v) is 33.6. The van der Waals surface area contributed by atoms with Gasteiger partial charge in [0.15, 0.2) is 0 Å². The minimum atomic E-state index is -0.635. The smallest absolute Gasteiger partial charge is 0.226 e. The van der Waals surface area contributed by atoms with Crippen LogP contribution in [0.2, 0.25) is 5.28 Å². The van der Waals surface area contributed by atoms with Gasteiger partial charge in [0.2, 0.25) is 5.28 Å². The number of rotatable bonds is 7. The minimum Gasteiger partial charge on any atom is -0.373 e. The molecule has 5 heterocycles. The first-order valence-electron chi connectivity index (χ1n) is 18.3. The molecule has 0 unspecified atom stereocenters. The second kappa shape index (κ2) is 14.9. The molecular weight excluding hydrogens is 758 g/mol. The van der Waals surface area contributed by atoms with E-state index >= 15 is 0 Å². The van der Waals surface area contributed by atoms with Crippen LogP contribution in [0.3, 0.4) is 0 Å². The maximum atomic E-state index is 14.7. The summed E-state index contributed by atoms with van der Waals surface area (Å²) >= 11 is 5.98. The number of hydrogen-bond acceptors (Lipinski definition) is 10. The van der Waals surface area contributed by atoms with E-state index in [2.05, 4.69) is 50.6 Å². The Balaban J connectivity index is 0.000000194. The van der Waals surface area contributed by atoms with Crippen molar-refractivity contribution in [2.24, 2.45) is 0 Å². The monoisotopic (exact) mass is 799 g/mol. The molecule has 16 heteroatoms. The maximum absolute atomic E-state index is 14.7. The van der Waals surface area contributed by atoms with Crippen molar-refractivity contribution in [1.82, 2.24) is 34.7 Å². The number of aryl methyl sites for hydroxylation is 2. The number of aromatic nitrogens is 7. The van der Waals surface area contributed by atoms with Gasteiger partial charge in [-0.1, -0.05) is 39.8 Å². The van der Waals surface area contributed by atoms with Crippen molar-refractivity contribution in [1.29, 1.82) is 0 Å². The lowest BCUT2D eigenvalue weighted by atomic mass is 9.88. The highest BCUT2D eigenvalue weighted by molar-refractivity contribution is 6.28. The molecule has 8 rings (SSSR count). The Hall–Kier alpha value is -5.83. The zero-order chi connectivity index (χ0) is 41.0. The third kappa shape index (κ3) is 7.55. The normalized spacial score (nSPS) is 14.9. The first-order valence-corrected chi connectivity index (χ1v) is 18.7. The SMILES string of the molecule is CNc1nc(Cc2ccc(-n3cnc(C)n3)c(C)c2)nc2c1C(C)(C)CN2c1ccc(F)cc1F.CNc1nc(Cl)nc2c1C(C)(C)CN2c1ccc(F)cc1F. The van der Waals surface area contributed by atoms with Crippen molar-refractivity contribution in [3.05, 3.63) is 123 Å². The van der Waals surface area contributed by atoms with E-state index in [1.54, 1.807) is 23.0 Å². The fourth-order valence-electron chi connectivity index (χ4n) is 7.62. The van der Waals surface area contributed by atoms with Gasteiger partial charge in [0.05, 0.1) is 17.1 Å². The molecule has 0 fully saturated rings.